The average molecular weight is 569 g/mol. The summed E-state index contributed by atoms with van der Waals surface area (Å²) >= 11 is 0. The predicted molar refractivity (Wildman–Crippen MR) is 142 cm³/mol. The van der Waals surface area contributed by atoms with Crippen LogP contribution in [0.5, 0.6) is 5.88 Å². The number of hydrogen-bond acceptors (Lipinski definition) is 5. The Morgan fingerprint density at radius 2 is 1.91 bits per heavy atom. The van der Waals surface area contributed by atoms with Gasteiger partial charge in [-0.05, 0) is 43.4 Å². The van der Waals surface area contributed by atoms with Gasteiger partial charge >= 0.3 is 0 Å². The van der Waals surface area contributed by atoms with E-state index in [9.17, 15) is 0 Å². The lowest BCUT2D eigenvalue weighted by Gasteiger charge is -2.34. The number of methoxy groups -OCH3 is 1. The molecule has 0 spiro atoms. The van der Waals surface area contributed by atoms with Gasteiger partial charge in [0, 0.05) is 52.2 Å². The standard InChI is InChI=1S/C25H36N4O3.HI/c1-3-26-25(29-14-11-23(12-15-29)31-17-7-16-30-2)28-19-22-10-13-27-24(18-22)32-20-21-8-5-4-6-9-21;/h4-6,8-10,13,18,23H,3,7,11-12,14-17,19-20H2,1-2H3,(H,26,28);1H. The van der Waals surface area contributed by atoms with Gasteiger partial charge in [-0.3, -0.25) is 0 Å². The summed E-state index contributed by atoms with van der Waals surface area (Å²) in [6, 6.07) is 14.1. The fourth-order valence-corrected chi connectivity index (χ4v) is 3.64. The lowest BCUT2D eigenvalue weighted by atomic mass is 10.1. The van der Waals surface area contributed by atoms with Crippen LogP contribution in [-0.2, 0) is 22.6 Å². The molecule has 182 valence electrons. The maximum absolute atomic E-state index is 5.98. The van der Waals surface area contributed by atoms with Gasteiger partial charge in [-0.25, -0.2) is 9.98 Å². The van der Waals surface area contributed by atoms with Gasteiger partial charge < -0.3 is 24.4 Å². The molecule has 1 N–H and O–H groups in total. The first-order valence-corrected chi connectivity index (χ1v) is 11.5. The van der Waals surface area contributed by atoms with Crippen molar-refractivity contribution in [3.63, 3.8) is 0 Å². The number of nitrogens with one attached hydrogen (secondary N) is 1. The molecule has 1 saturated heterocycles. The number of piperidine rings is 1. The van der Waals surface area contributed by atoms with Crippen LogP contribution in [0.15, 0.2) is 53.7 Å². The maximum Gasteiger partial charge on any atom is 0.213 e. The first-order chi connectivity index (χ1) is 15.8. The van der Waals surface area contributed by atoms with E-state index >= 15 is 0 Å². The zero-order valence-electron chi connectivity index (χ0n) is 19.7. The Morgan fingerprint density at radius 3 is 2.64 bits per heavy atom. The molecule has 0 unspecified atom stereocenters. The number of pyridine rings is 1. The molecule has 0 saturated carbocycles. The zero-order chi connectivity index (χ0) is 22.4. The van der Waals surface area contributed by atoms with E-state index in [2.05, 4.69) is 22.1 Å². The van der Waals surface area contributed by atoms with E-state index in [0.29, 0.717) is 25.1 Å². The molecule has 33 heavy (non-hydrogen) atoms. The molecule has 1 aromatic carbocycles. The Morgan fingerprint density at radius 1 is 1.12 bits per heavy atom. The minimum Gasteiger partial charge on any atom is -0.473 e. The van der Waals surface area contributed by atoms with Crippen molar-refractivity contribution < 1.29 is 14.2 Å². The Labute approximate surface area is 215 Å². The highest BCUT2D eigenvalue weighted by atomic mass is 127. The summed E-state index contributed by atoms with van der Waals surface area (Å²) in [5.74, 6) is 1.58. The van der Waals surface area contributed by atoms with E-state index in [4.69, 9.17) is 19.2 Å². The summed E-state index contributed by atoms with van der Waals surface area (Å²) < 4.78 is 16.9. The monoisotopic (exact) mass is 568 g/mol. The van der Waals surface area contributed by atoms with Crippen LogP contribution in [-0.4, -0.2) is 61.9 Å². The number of nitrogens with zero attached hydrogens (tertiary/aromatic N) is 3. The largest absolute Gasteiger partial charge is 0.473 e. The third kappa shape index (κ3) is 9.85. The van der Waals surface area contributed by atoms with E-state index in [-0.39, 0.29) is 24.0 Å². The van der Waals surface area contributed by atoms with Crippen LogP contribution in [0.3, 0.4) is 0 Å². The first kappa shape index (κ1) is 27.3. The highest BCUT2D eigenvalue weighted by Gasteiger charge is 2.21. The molecule has 1 aliphatic rings. The Bertz CT molecular complexity index is 814. The summed E-state index contributed by atoms with van der Waals surface area (Å²) in [7, 11) is 1.73. The summed E-state index contributed by atoms with van der Waals surface area (Å²) in [6.45, 7) is 7.45. The highest BCUT2D eigenvalue weighted by molar-refractivity contribution is 14.0. The van der Waals surface area contributed by atoms with Crippen LogP contribution in [0.2, 0.25) is 0 Å². The summed E-state index contributed by atoms with van der Waals surface area (Å²) in [4.78, 5) is 11.5. The maximum atomic E-state index is 5.98. The second kappa shape index (κ2) is 15.8. The van der Waals surface area contributed by atoms with Crippen molar-refractivity contribution in [2.24, 2.45) is 4.99 Å². The highest BCUT2D eigenvalue weighted by Crippen LogP contribution is 2.16. The van der Waals surface area contributed by atoms with Crippen LogP contribution in [0, 0.1) is 0 Å². The molecule has 7 nitrogen and oxygen atoms in total. The van der Waals surface area contributed by atoms with Crippen molar-refractivity contribution in [3.05, 3.63) is 59.8 Å². The van der Waals surface area contributed by atoms with Crippen LogP contribution in [0.1, 0.15) is 37.3 Å². The molecular weight excluding hydrogens is 531 g/mol. The molecule has 2 aromatic rings. The number of aromatic nitrogens is 1. The second-order valence-electron chi connectivity index (χ2n) is 7.85. The summed E-state index contributed by atoms with van der Waals surface area (Å²) in [5, 5.41) is 3.43. The number of hydrogen-bond donors (Lipinski definition) is 1. The Balaban J connectivity index is 0.00000385. The van der Waals surface area contributed by atoms with Gasteiger partial charge in [0.05, 0.1) is 12.6 Å². The van der Waals surface area contributed by atoms with Crippen molar-refractivity contribution in [1.29, 1.82) is 0 Å². The fraction of sp³-hybridized carbons (Fsp3) is 0.520. The van der Waals surface area contributed by atoms with Gasteiger partial charge in [0.25, 0.3) is 0 Å². The molecule has 8 heteroatoms. The van der Waals surface area contributed by atoms with E-state index in [0.717, 1.165) is 69.2 Å². The van der Waals surface area contributed by atoms with Gasteiger partial charge in [-0.2, -0.15) is 0 Å². The van der Waals surface area contributed by atoms with Gasteiger partial charge in [-0.15, -0.1) is 24.0 Å². The summed E-state index contributed by atoms with van der Waals surface area (Å²) in [5.41, 5.74) is 2.20. The van der Waals surface area contributed by atoms with Crippen LogP contribution in [0.4, 0.5) is 0 Å². The fourth-order valence-electron chi connectivity index (χ4n) is 3.64. The third-order valence-electron chi connectivity index (χ3n) is 5.36. The molecule has 0 amide bonds. The molecule has 1 fully saturated rings. The van der Waals surface area contributed by atoms with Crippen molar-refractivity contribution in [1.82, 2.24) is 15.2 Å². The van der Waals surface area contributed by atoms with Crippen molar-refractivity contribution >= 4 is 29.9 Å². The molecule has 0 aliphatic carbocycles. The summed E-state index contributed by atoms with van der Waals surface area (Å²) in [6.07, 6.45) is 5.10. The molecule has 0 bridgehead atoms. The molecule has 1 aliphatic heterocycles. The normalized spacial score (nSPS) is 14.6. The number of likely N-dealkylation sites (tertiary alicyclic amines) is 1. The van der Waals surface area contributed by atoms with E-state index in [1.54, 1.807) is 13.3 Å². The predicted octanol–water partition coefficient (Wildman–Crippen LogP) is 4.26. The Kier molecular flexibility index (Phi) is 13.1. The molecule has 3 rings (SSSR count). The van der Waals surface area contributed by atoms with Crippen LogP contribution in [0.25, 0.3) is 0 Å². The minimum atomic E-state index is 0. The van der Waals surface area contributed by atoms with Crippen molar-refractivity contribution in [3.8, 4) is 5.88 Å². The van der Waals surface area contributed by atoms with Crippen molar-refractivity contribution in [2.45, 2.75) is 45.4 Å². The van der Waals surface area contributed by atoms with Gasteiger partial charge in [0.1, 0.15) is 6.61 Å². The van der Waals surface area contributed by atoms with Crippen LogP contribution < -0.4 is 10.1 Å². The number of halogens is 1. The molecule has 0 atom stereocenters. The number of benzene rings is 1. The van der Waals surface area contributed by atoms with E-state index < -0.39 is 0 Å². The molecular formula is C25H37IN4O3. The number of aliphatic imine (C=N–C) groups is 1. The number of guanidine groups is 1. The third-order valence-corrected chi connectivity index (χ3v) is 5.36. The van der Waals surface area contributed by atoms with Crippen LogP contribution >= 0.6 is 24.0 Å². The van der Waals surface area contributed by atoms with E-state index in [1.165, 1.54) is 0 Å². The molecule has 0 radical (unpaired) electrons. The second-order valence-corrected chi connectivity index (χ2v) is 7.85. The zero-order valence-corrected chi connectivity index (χ0v) is 22.1. The lowest BCUT2D eigenvalue weighted by Crippen LogP contribution is -2.47. The lowest BCUT2D eigenvalue weighted by molar-refractivity contribution is 0.00990. The quantitative estimate of drug-likeness (QED) is 0.189. The molecule has 1 aromatic heterocycles. The van der Waals surface area contributed by atoms with Gasteiger partial charge in [0.15, 0.2) is 5.96 Å². The first-order valence-electron chi connectivity index (χ1n) is 11.5. The SMILES string of the molecule is CCNC(=NCc1ccnc(OCc2ccccc2)c1)N1CCC(OCCCOC)CC1.I. The average Bonchev–Trinajstić information content (AvgIpc) is 2.84. The molecule has 2 heterocycles. The number of ether oxygens (including phenoxy) is 3. The minimum absolute atomic E-state index is 0. The van der Waals surface area contributed by atoms with E-state index in [1.807, 2.05) is 42.5 Å². The van der Waals surface area contributed by atoms with Crippen molar-refractivity contribution in [2.75, 3.05) is 40.0 Å². The Hall–Kier alpha value is -1.91. The smallest absolute Gasteiger partial charge is 0.213 e. The van der Waals surface area contributed by atoms with Gasteiger partial charge in [-0.1, -0.05) is 30.3 Å². The number of rotatable bonds is 11. The topological polar surface area (TPSA) is 68.2 Å². The van der Waals surface area contributed by atoms with Gasteiger partial charge in [0.2, 0.25) is 5.88 Å².